The predicted octanol–water partition coefficient (Wildman–Crippen LogP) is 3.78. The summed E-state index contributed by atoms with van der Waals surface area (Å²) >= 11 is 0. The number of hydrogen-bond acceptors (Lipinski definition) is 0. The van der Waals surface area contributed by atoms with Gasteiger partial charge in [-0.15, -0.1) is 9.24 Å². The van der Waals surface area contributed by atoms with Crippen LogP contribution in [0.15, 0.2) is 18.2 Å². The first-order valence-corrected chi connectivity index (χ1v) is 6.10. The van der Waals surface area contributed by atoms with Gasteiger partial charge in [-0.1, -0.05) is 59.7 Å². The van der Waals surface area contributed by atoms with Crippen LogP contribution in [0.5, 0.6) is 0 Å². The molecule has 1 heteroatoms. The van der Waals surface area contributed by atoms with Crippen LogP contribution in [0.4, 0.5) is 0 Å². The van der Waals surface area contributed by atoms with Crippen LogP contribution in [-0.4, -0.2) is 0 Å². The third kappa shape index (κ3) is 3.05. The standard InChI is InChI=1S/C14H23P/c1-13(2,3)10-7-8-12(15)11(9-10)14(4,5)6/h7-9H,15H2,1-6H3. The zero-order chi connectivity index (χ0) is 11.9. The number of rotatable bonds is 0. The van der Waals surface area contributed by atoms with Crippen molar-refractivity contribution < 1.29 is 0 Å². The summed E-state index contributed by atoms with van der Waals surface area (Å²) in [5.74, 6) is 0. The molecule has 0 N–H and O–H groups in total. The van der Waals surface area contributed by atoms with Crippen LogP contribution in [0.1, 0.15) is 52.7 Å². The van der Waals surface area contributed by atoms with Crippen LogP contribution in [0.25, 0.3) is 0 Å². The second kappa shape index (κ2) is 3.91. The van der Waals surface area contributed by atoms with Crippen LogP contribution in [-0.2, 0) is 10.8 Å². The Morgan fingerprint density at radius 1 is 0.867 bits per heavy atom. The molecule has 0 fully saturated rings. The molecular weight excluding hydrogens is 199 g/mol. The molecule has 0 radical (unpaired) electrons. The fourth-order valence-electron chi connectivity index (χ4n) is 1.67. The number of hydrogen-bond donors (Lipinski definition) is 0. The lowest BCUT2D eigenvalue weighted by Gasteiger charge is -2.26. The van der Waals surface area contributed by atoms with Gasteiger partial charge in [-0.25, -0.2) is 0 Å². The molecule has 0 aliphatic rings. The maximum atomic E-state index is 2.84. The third-order valence-corrected chi connectivity index (χ3v) is 3.23. The smallest absolute Gasteiger partial charge is 0.0126 e. The molecule has 0 spiro atoms. The highest BCUT2D eigenvalue weighted by molar-refractivity contribution is 7.27. The van der Waals surface area contributed by atoms with Crippen molar-refractivity contribution in [3.8, 4) is 0 Å². The van der Waals surface area contributed by atoms with Crippen LogP contribution in [0, 0.1) is 0 Å². The summed E-state index contributed by atoms with van der Waals surface area (Å²) < 4.78 is 0. The lowest BCUT2D eigenvalue weighted by atomic mass is 9.81. The van der Waals surface area contributed by atoms with E-state index in [4.69, 9.17) is 0 Å². The van der Waals surface area contributed by atoms with Gasteiger partial charge in [0.1, 0.15) is 0 Å². The van der Waals surface area contributed by atoms with E-state index in [1.54, 1.807) is 0 Å². The SMILES string of the molecule is CC(C)(C)c1ccc(P)c(C(C)(C)C)c1. The molecule has 1 atom stereocenters. The molecule has 0 nitrogen and oxygen atoms in total. The Morgan fingerprint density at radius 3 is 1.80 bits per heavy atom. The van der Waals surface area contributed by atoms with Crippen molar-refractivity contribution in [2.75, 3.05) is 0 Å². The van der Waals surface area contributed by atoms with E-state index in [1.807, 2.05) is 0 Å². The maximum absolute atomic E-state index is 2.84. The van der Waals surface area contributed by atoms with E-state index in [-0.39, 0.29) is 10.8 Å². The largest absolute Gasteiger partial charge is 0.105 e. The van der Waals surface area contributed by atoms with E-state index < -0.39 is 0 Å². The minimum absolute atomic E-state index is 0.221. The molecule has 0 amide bonds. The van der Waals surface area contributed by atoms with E-state index in [0.717, 1.165) is 0 Å². The highest BCUT2D eigenvalue weighted by atomic mass is 31.0. The fourth-order valence-corrected chi connectivity index (χ4v) is 2.28. The third-order valence-electron chi connectivity index (χ3n) is 2.73. The molecule has 1 aromatic carbocycles. The second-order valence-electron chi connectivity index (χ2n) is 6.30. The molecule has 0 saturated carbocycles. The average Bonchev–Trinajstić information content (AvgIpc) is 2.00. The normalized spacial score (nSPS) is 13.0. The van der Waals surface area contributed by atoms with Gasteiger partial charge in [-0.2, -0.15) is 0 Å². The molecule has 0 heterocycles. The summed E-state index contributed by atoms with van der Waals surface area (Å²) in [6.45, 7) is 13.6. The minimum atomic E-state index is 0.221. The van der Waals surface area contributed by atoms with Crippen LogP contribution >= 0.6 is 9.24 Å². The lowest BCUT2D eigenvalue weighted by Crippen LogP contribution is -2.21. The Morgan fingerprint density at radius 2 is 1.40 bits per heavy atom. The van der Waals surface area contributed by atoms with E-state index >= 15 is 0 Å². The molecule has 1 aromatic rings. The average molecular weight is 222 g/mol. The van der Waals surface area contributed by atoms with Crippen LogP contribution in [0.2, 0.25) is 0 Å². The lowest BCUT2D eigenvalue weighted by molar-refractivity contribution is 0.571. The Labute approximate surface area is 96.7 Å². The van der Waals surface area contributed by atoms with Crippen molar-refractivity contribution in [3.05, 3.63) is 29.3 Å². The van der Waals surface area contributed by atoms with Crippen molar-refractivity contribution in [3.63, 3.8) is 0 Å². The first-order chi connectivity index (χ1) is 6.62. The summed E-state index contributed by atoms with van der Waals surface area (Å²) in [5, 5.41) is 1.32. The highest BCUT2D eigenvalue weighted by Gasteiger charge is 2.20. The van der Waals surface area contributed by atoms with Gasteiger partial charge >= 0.3 is 0 Å². The first kappa shape index (κ1) is 12.7. The molecule has 0 saturated heterocycles. The Bertz CT molecular complexity index is 351. The monoisotopic (exact) mass is 222 g/mol. The Balaban J connectivity index is 3.30. The maximum Gasteiger partial charge on any atom is -0.0126 e. The van der Waals surface area contributed by atoms with Gasteiger partial charge in [0.05, 0.1) is 0 Å². The predicted molar refractivity (Wildman–Crippen MR) is 73.2 cm³/mol. The van der Waals surface area contributed by atoms with Crippen LogP contribution in [0.3, 0.4) is 0 Å². The zero-order valence-corrected chi connectivity index (χ0v) is 12.0. The summed E-state index contributed by atoms with van der Waals surface area (Å²) in [7, 11) is 2.84. The molecule has 0 aliphatic carbocycles. The van der Waals surface area contributed by atoms with E-state index in [2.05, 4.69) is 69.0 Å². The van der Waals surface area contributed by atoms with Crippen molar-refractivity contribution >= 4 is 14.5 Å². The van der Waals surface area contributed by atoms with Crippen molar-refractivity contribution in [2.45, 2.75) is 52.4 Å². The van der Waals surface area contributed by atoms with Crippen molar-refractivity contribution in [1.29, 1.82) is 0 Å². The van der Waals surface area contributed by atoms with Gasteiger partial charge in [-0.05, 0) is 27.3 Å². The molecule has 15 heavy (non-hydrogen) atoms. The van der Waals surface area contributed by atoms with Crippen molar-refractivity contribution in [1.82, 2.24) is 0 Å². The Kier molecular flexibility index (Phi) is 3.31. The van der Waals surface area contributed by atoms with Gasteiger partial charge < -0.3 is 0 Å². The number of benzene rings is 1. The fraction of sp³-hybridized carbons (Fsp3) is 0.571. The molecule has 0 bridgehead atoms. The molecule has 0 aliphatic heterocycles. The quantitative estimate of drug-likeness (QED) is 0.586. The van der Waals surface area contributed by atoms with E-state index in [9.17, 15) is 0 Å². The summed E-state index contributed by atoms with van der Waals surface area (Å²) in [5.41, 5.74) is 3.30. The van der Waals surface area contributed by atoms with E-state index in [0.29, 0.717) is 0 Å². The molecule has 0 aromatic heterocycles. The van der Waals surface area contributed by atoms with Gasteiger partial charge in [0.2, 0.25) is 0 Å². The molecule has 84 valence electrons. The van der Waals surface area contributed by atoms with Gasteiger partial charge in [0, 0.05) is 0 Å². The summed E-state index contributed by atoms with van der Waals surface area (Å²) in [4.78, 5) is 0. The first-order valence-electron chi connectivity index (χ1n) is 5.53. The molecular formula is C14H23P. The molecule has 1 unspecified atom stereocenters. The topological polar surface area (TPSA) is 0 Å². The van der Waals surface area contributed by atoms with E-state index in [1.165, 1.54) is 16.4 Å². The molecule has 1 rings (SSSR count). The highest BCUT2D eigenvalue weighted by Crippen LogP contribution is 2.28. The van der Waals surface area contributed by atoms with Gasteiger partial charge in [-0.3, -0.25) is 0 Å². The summed E-state index contributed by atoms with van der Waals surface area (Å²) in [6, 6.07) is 6.80. The second-order valence-corrected chi connectivity index (χ2v) is 6.92. The van der Waals surface area contributed by atoms with Gasteiger partial charge in [0.25, 0.3) is 0 Å². The Hall–Kier alpha value is -0.350. The summed E-state index contributed by atoms with van der Waals surface area (Å²) in [6.07, 6.45) is 0. The van der Waals surface area contributed by atoms with Crippen LogP contribution < -0.4 is 5.30 Å². The minimum Gasteiger partial charge on any atom is -0.105 e. The van der Waals surface area contributed by atoms with Gasteiger partial charge in [0.15, 0.2) is 0 Å². The zero-order valence-electron chi connectivity index (χ0n) is 10.8. The van der Waals surface area contributed by atoms with Crippen molar-refractivity contribution in [2.24, 2.45) is 0 Å².